The van der Waals surface area contributed by atoms with Gasteiger partial charge in [0.25, 0.3) is 0 Å². The van der Waals surface area contributed by atoms with Crippen LogP contribution in [0, 0.1) is 0 Å². The summed E-state index contributed by atoms with van der Waals surface area (Å²) in [5.74, 6) is -0.594. The Bertz CT molecular complexity index is 248. The van der Waals surface area contributed by atoms with Crippen molar-refractivity contribution in [1.29, 1.82) is 0 Å². The van der Waals surface area contributed by atoms with Gasteiger partial charge in [0.15, 0.2) is 0 Å². The molecule has 0 aromatic rings. The molecule has 5 nitrogen and oxygen atoms in total. The zero-order chi connectivity index (χ0) is 11.3. The number of nitrogens with one attached hydrogen (secondary N) is 2. The lowest BCUT2D eigenvalue weighted by Gasteiger charge is -2.12. The van der Waals surface area contributed by atoms with Crippen LogP contribution in [0.2, 0.25) is 0 Å². The van der Waals surface area contributed by atoms with Crippen LogP contribution in [0.3, 0.4) is 0 Å². The van der Waals surface area contributed by atoms with E-state index in [9.17, 15) is 9.59 Å². The number of nitrogens with zero attached hydrogens (tertiary/aromatic N) is 1. The third kappa shape index (κ3) is 4.48. The fourth-order valence-electron chi connectivity index (χ4n) is 1.56. The Kier molecular flexibility index (Phi) is 4.84. The fraction of sp³-hybridized carbons (Fsp3) is 0.778. The number of halogens is 1. The average molecular weight is 234 g/mol. The van der Waals surface area contributed by atoms with Crippen LogP contribution >= 0.6 is 11.6 Å². The van der Waals surface area contributed by atoms with Crippen LogP contribution in [0.15, 0.2) is 0 Å². The first kappa shape index (κ1) is 12.3. The highest BCUT2D eigenvalue weighted by molar-refractivity contribution is 6.27. The van der Waals surface area contributed by atoms with Gasteiger partial charge < -0.3 is 15.5 Å². The molecule has 1 aliphatic rings. The van der Waals surface area contributed by atoms with E-state index < -0.39 is 0 Å². The Hall–Kier alpha value is -0.810. The molecule has 0 bridgehead atoms. The number of hydrogen-bond donors (Lipinski definition) is 2. The summed E-state index contributed by atoms with van der Waals surface area (Å²) < 4.78 is 0. The van der Waals surface area contributed by atoms with Crippen molar-refractivity contribution in [3.8, 4) is 0 Å². The second-order valence-electron chi connectivity index (χ2n) is 3.73. The maximum atomic E-state index is 11.3. The third-order valence-corrected chi connectivity index (χ3v) is 2.57. The Morgan fingerprint density at radius 3 is 2.73 bits per heavy atom. The second kappa shape index (κ2) is 5.92. The number of alkyl halides is 1. The molecule has 1 heterocycles. The van der Waals surface area contributed by atoms with Crippen LogP contribution in [0.4, 0.5) is 0 Å². The highest BCUT2D eigenvalue weighted by Crippen LogP contribution is 2.05. The summed E-state index contributed by atoms with van der Waals surface area (Å²) in [6.45, 7) is 1.87. The minimum Gasteiger partial charge on any atom is -0.350 e. The van der Waals surface area contributed by atoms with Crippen molar-refractivity contribution in [3.63, 3.8) is 0 Å². The van der Waals surface area contributed by atoms with Crippen LogP contribution in [0.1, 0.15) is 6.42 Å². The van der Waals surface area contributed by atoms with Gasteiger partial charge in [0.05, 0.1) is 6.54 Å². The standard InChI is InChI=1S/C9H16ClN3O2/c1-13-3-2-7(6-13)12-9(15)5-11-8(14)4-10/h7H,2-6H2,1H3,(H,11,14)(H,12,15). The van der Waals surface area contributed by atoms with Gasteiger partial charge in [0.2, 0.25) is 11.8 Å². The molecule has 1 atom stereocenters. The SMILES string of the molecule is CN1CCC(NC(=O)CNC(=O)CCl)C1. The predicted molar refractivity (Wildman–Crippen MR) is 57.8 cm³/mol. The molecule has 6 heteroatoms. The summed E-state index contributed by atoms with van der Waals surface area (Å²) in [5, 5.41) is 5.27. The van der Waals surface area contributed by atoms with E-state index in [4.69, 9.17) is 11.6 Å². The normalized spacial score (nSPS) is 21.3. The molecule has 0 spiro atoms. The Labute approximate surface area is 94.1 Å². The third-order valence-electron chi connectivity index (χ3n) is 2.32. The molecule has 2 N–H and O–H groups in total. The maximum absolute atomic E-state index is 11.3. The molecule has 1 saturated heterocycles. The zero-order valence-corrected chi connectivity index (χ0v) is 9.51. The van der Waals surface area contributed by atoms with E-state index in [-0.39, 0.29) is 30.3 Å². The van der Waals surface area contributed by atoms with Crippen LogP contribution < -0.4 is 10.6 Å². The van der Waals surface area contributed by atoms with Gasteiger partial charge >= 0.3 is 0 Å². The minimum absolute atomic E-state index is 0.00572. The summed E-state index contributed by atoms with van der Waals surface area (Å²) in [4.78, 5) is 24.3. The fourth-order valence-corrected chi connectivity index (χ4v) is 1.65. The topological polar surface area (TPSA) is 61.4 Å². The minimum atomic E-state index is -0.324. The molecular formula is C9H16ClN3O2. The van der Waals surface area contributed by atoms with Gasteiger partial charge in [0, 0.05) is 12.6 Å². The quantitative estimate of drug-likeness (QED) is 0.623. The molecule has 0 radical (unpaired) electrons. The van der Waals surface area contributed by atoms with Crippen LogP contribution in [0.5, 0.6) is 0 Å². The monoisotopic (exact) mass is 233 g/mol. The van der Waals surface area contributed by atoms with E-state index in [0.717, 1.165) is 19.5 Å². The van der Waals surface area contributed by atoms with Gasteiger partial charge in [-0.15, -0.1) is 11.6 Å². The van der Waals surface area contributed by atoms with Crippen molar-refractivity contribution in [2.24, 2.45) is 0 Å². The Morgan fingerprint density at radius 2 is 2.20 bits per heavy atom. The molecule has 86 valence electrons. The number of rotatable bonds is 4. The first-order valence-electron chi connectivity index (χ1n) is 4.92. The second-order valence-corrected chi connectivity index (χ2v) is 3.99. The van der Waals surface area contributed by atoms with E-state index in [0.29, 0.717) is 0 Å². The van der Waals surface area contributed by atoms with Crippen molar-refractivity contribution in [2.45, 2.75) is 12.5 Å². The highest BCUT2D eigenvalue weighted by Gasteiger charge is 2.20. The van der Waals surface area contributed by atoms with Gasteiger partial charge in [-0.25, -0.2) is 0 Å². The molecule has 0 aromatic carbocycles. The number of carbonyl (C=O) groups is 2. The lowest BCUT2D eigenvalue weighted by atomic mass is 10.2. The van der Waals surface area contributed by atoms with Gasteiger partial charge in [-0.3, -0.25) is 9.59 Å². The predicted octanol–water partition coefficient (Wildman–Crippen LogP) is -0.838. The number of likely N-dealkylation sites (N-methyl/N-ethyl adjacent to an activating group) is 1. The van der Waals surface area contributed by atoms with Gasteiger partial charge in [-0.2, -0.15) is 0 Å². The molecule has 0 saturated carbocycles. The van der Waals surface area contributed by atoms with E-state index in [2.05, 4.69) is 15.5 Å². The van der Waals surface area contributed by atoms with Crippen LogP contribution in [-0.4, -0.2) is 55.3 Å². The van der Waals surface area contributed by atoms with Crippen molar-refractivity contribution in [2.75, 3.05) is 32.6 Å². The lowest BCUT2D eigenvalue weighted by Crippen LogP contribution is -2.43. The van der Waals surface area contributed by atoms with Gasteiger partial charge in [0.1, 0.15) is 5.88 Å². The first-order valence-corrected chi connectivity index (χ1v) is 5.46. The van der Waals surface area contributed by atoms with Gasteiger partial charge in [-0.1, -0.05) is 0 Å². The lowest BCUT2D eigenvalue weighted by molar-refractivity contribution is -0.125. The van der Waals surface area contributed by atoms with Crippen molar-refractivity contribution in [1.82, 2.24) is 15.5 Å². The zero-order valence-electron chi connectivity index (χ0n) is 8.75. The molecule has 1 unspecified atom stereocenters. The summed E-state index contributed by atoms with van der Waals surface area (Å²) in [6.07, 6.45) is 0.964. The van der Waals surface area contributed by atoms with Gasteiger partial charge in [-0.05, 0) is 20.0 Å². The van der Waals surface area contributed by atoms with E-state index >= 15 is 0 Å². The largest absolute Gasteiger partial charge is 0.350 e. The Balaban J connectivity index is 2.16. The summed E-state index contributed by atoms with van der Waals surface area (Å²) in [7, 11) is 2.02. The highest BCUT2D eigenvalue weighted by atomic mass is 35.5. The van der Waals surface area contributed by atoms with E-state index in [1.807, 2.05) is 7.05 Å². The molecule has 1 fully saturated rings. The van der Waals surface area contributed by atoms with Crippen LogP contribution in [-0.2, 0) is 9.59 Å². The molecule has 1 aliphatic heterocycles. The first-order chi connectivity index (χ1) is 7.11. The number of hydrogen-bond acceptors (Lipinski definition) is 3. The van der Waals surface area contributed by atoms with E-state index in [1.165, 1.54) is 0 Å². The number of amides is 2. The Morgan fingerprint density at radius 1 is 1.47 bits per heavy atom. The summed E-state index contributed by atoms with van der Waals surface area (Å²) in [6, 6.07) is 0.204. The molecule has 15 heavy (non-hydrogen) atoms. The molecule has 0 aromatic heterocycles. The van der Waals surface area contributed by atoms with Crippen molar-refractivity contribution in [3.05, 3.63) is 0 Å². The average Bonchev–Trinajstić information content (AvgIpc) is 2.60. The molecule has 2 amide bonds. The smallest absolute Gasteiger partial charge is 0.239 e. The number of carbonyl (C=O) groups excluding carboxylic acids is 2. The molecular weight excluding hydrogens is 218 g/mol. The molecule has 0 aliphatic carbocycles. The summed E-state index contributed by atoms with van der Waals surface area (Å²) in [5.41, 5.74) is 0. The molecule has 1 rings (SSSR count). The van der Waals surface area contributed by atoms with Crippen molar-refractivity contribution < 1.29 is 9.59 Å². The van der Waals surface area contributed by atoms with Crippen LogP contribution in [0.25, 0.3) is 0 Å². The summed E-state index contributed by atoms with van der Waals surface area (Å²) >= 11 is 5.27. The van der Waals surface area contributed by atoms with E-state index in [1.54, 1.807) is 0 Å². The number of likely N-dealkylation sites (tertiary alicyclic amines) is 1. The maximum Gasteiger partial charge on any atom is 0.239 e. The van der Waals surface area contributed by atoms with Crippen molar-refractivity contribution >= 4 is 23.4 Å².